The molecule has 160 valence electrons. The van der Waals surface area contributed by atoms with Crippen molar-refractivity contribution >= 4 is 6.09 Å². The summed E-state index contributed by atoms with van der Waals surface area (Å²) in [7, 11) is 1.38. The van der Waals surface area contributed by atoms with Crippen LogP contribution < -0.4 is 15.4 Å². The summed E-state index contributed by atoms with van der Waals surface area (Å²) in [4.78, 5) is 12.0. The quantitative estimate of drug-likeness (QED) is 0.723. The zero-order valence-electron chi connectivity index (χ0n) is 16.1. The molecule has 0 saturated carbocycles. The van der Waals surface area contributed by atoms with Gasteiger partial charge in [0.25, 0.3) is 0 Å². The highest BCUT2D eigenvalue weighted by molar-refractivity contribution is 5.71. The fraction of sp³-hybridized carbons (Fsp3) is 0.381. The molecule has 2 aliphatic rings. The Morgan fingerprint density at radius 3 is 2.73 bits per heavy atom. The van der Waals surface area contributed by atoms with E-state index in [-0.39, 0.29) is 28.8 Å². The van der Waals surface area contributed by atoms with E-state index in [0.29, 0.717) is 18.5 Å². The minimum atomic E-state index is -4.54. The molecular weight excluding hydrogens is 404 g/mol. The fourth-order valence-corrected chi connectivity index (χ4v) is 4.11. The lowest BCUT2D eigenvalue weighted by atomic mass is 9.83. The highest BCUT2D eigenvalue weighted by Crippen LogP contribution is 2.42. The third-order valence-corrected chi connectivity index (χ3v) is 5.58. The van der Waals surface area contributed by atoms with Crippen molar-refractivity contribution in [1.82, 2.24) is 10.6 Å². The van der Waals surface area contributed by atoms with Crippen LogP contribution in [0.1, 0.15) is 23.7 Å². The normalized spacial score (nSPS) is 23.9. The lowest BCUT2D eigenvalue weighted by molar-refractivity contribution is -0.137. The van der Waals surface area contributed by atoms with Crippen molar-refractivity contribution in [2.24, 2.45) is 5.92 Å². The number of cyclic esters (lactones) is 1. The molecule has 2 fully saturated rings. The van der Waals surface area contributed by atoms with E-state index in [0.717, 1.165) is 18.7 Å². The highest BCUT2D eigenvalue weighted by Gasteiger charge is 2.42. The SMILES string of the molecule is COc1cc(-c2cccc(C(F)(F)F)c2)c(F)cc1C1OC(=O)NC2CCNCC21. The summed E-state index contributed by atoms with van der Waals surface area (Å²) in [6, 6.07) is 6.86. The molecule has 2 heterocycles. The molecule has 30 heavy (non-hydrogen) atoms. The van der Waals surface area contributed by atoms with Crippen molar-refractivity contribution in [3.63, 3.8) is 0 Å². The van der Waals surface area contributed by atoms with Gasteiger partial charge in [-0.2, -0.15) is 13.2 Å². The molecule has 0 aromatic heterocycles. The number of hydrogen-bond acceptors (Lipinski definition) is 4. The molecule has 1 amide bonds. The molecule has 0 spiro atoms. The summed E-state index contributed by atoms with van der Waals surface area (Å²) in [5, 5.41) is 6.02. The number of alkyl halides is 3. The second-order valence-corrected chi connectivity index (χ2v) is 7.39. The van der Waals surface area contributed by atoms with Gasteiger partial charge in [-0.25, -0.2) is 9.18 Å². The number of piperidine rings is 1. The van der Waals surface area contributed by atoms with Gasteiger partial charge in [-0.15, -0.1) is 0 Å². The Morgan fingerprint density at radius 2 is 2.00 bits per heavy atom. The number of nitrogens with one attached hydrogen (secondary N) is 2. The number of ether oxygens (including phenoxy) is 2. The van der Waals surface area contributed by atoms with Crippen molar-refractivity contribution in [2.45, 2.75) is 24.7 Å². The number of rotatable bonds is 3. The fourth-order valence-electron chi connectivity index (χ4n) is 4.11. The Labute approximate surface area is 170 Å². The number of methoxy groups -OCH3 is 1. The van der Waals surface area contributed by atoms with Gasteiger partial charge in [-0.1, -0.05) is 12.1 Å². The molecule has 2 aliphatic heterocycles. The molecule has 4 rings (SSSR count). The van der Waals surface area contributed by atoms with Gasteiger partial charge in [0.15, 0.2) is 0 Å². The molecular formula is C21H20F4N2O3. The Bertz CT molecular complexity index is 964. The number of hydrogen-bond donors (Lipinski definition) is 2. The van der Waals surface area contributed by atoms with Gasteiger partial charge >= 0.3 is 12.3 Å². The minimum absolute atomic E-state index is 0.0275. The second kappa shape index (κ2) is 7.79. The minimum Gasteiger partial charge on any atom is -0.496 e. The summed E-state index contributed by atoms with van der Waals surface area (Å²) in [5.74, 6) is -0.614. The second-order valence-electron chi connectivity index (χ2n) is 7.39. The van der Waals surface area contributed by atoms with Gasteiger partial charge in [0, 0.05) is 29.6 Å². The van der Waals surface area contributed by atoms with Crippen LogP contribution in [0.3, 0.4) is 0 Å². The number of carbonyl (C=O) groups excluding carboxylic acids is 1. The molecule has 3 atom stereocenters. The van der Waals surface area contributed by atoms with Crippen LogP contribution in [0.2, 0.25) is 0 Å². The number of fused-ring (bicyclic) bond motifs is 1. The van der Waals surface area contributed by atoms with Crippen LogP contribution in [0.15, 0.2) is 36.4 Å². The Morgan fingerprint density at radius 1 is 1.20 bits per heavy atom. The summed E-state index contributed by atoms with van der Waals surface area (Å²) < 4.78 is 65.1. The first-order chi connectivity index (χ1) is 14.3. The predicted octanol–water partition coefficient (Wildman–Crippen LogP) is 4.28. The van der Waals surface area contributed by atoms with E-state index in [1.54, 1.807) is 0 Å². The smallest absolute Gasteiger partial charge is 0.416 e. The molecule has 3 unspecified atom stereocenters. The van der Waals surface area contributed by atoms with Crippen molar-refractivity contribution in [3.8, 4) is 16.9 Å². The first-order valence-corrected chi connectivity index (χ1v) is 9.51. The highest BCUT2D eigenvalue weighted by atomic mass is 19.4. The maximum absolute atomic E-state index is 15.0. The predicted molar refractivity (Wildman–Crippen MR) is 101 cm³/mol. The van der Waals surface area contributed by atoms with Crippen LogP contribution in [0.25, 0.3) is 11.1 Å². The van der Waals surface area contributed by atoms with Gasteiger partial charge in [-0.3, -0.25) is 0 Å². The van der Waals surface area contributed by atoms with Gasteiger partial charge in [0.05, 0.1) is 12.7 Å². The van der Waals surface area contributed by atoms with Crippen molar-refractivity contribution in [3.05, 3.63) is 53.3 Å². The van der Waals surface area contributed by atoms with Crippen molar-refractivity contribution in [1.29, 1.82) is 0 Å². The zero-order chi connectivity index (χ0) is 21.5. The maximum Gasteiger partial charge on any atom is 0.416 e. The van der Waals surface area contributed by atoms with Crippen LogP contribution in [-0.2, 0) is 10.9 Å². The Kier molecular flexibility index (Phi) is 5.31. The molecule has 5 nitrogen and oxygen atoms in total. The van der Waals surface area contributed by atoms with Crippen LogP contribution in [0, 0.1) is 11.7 Å². The van der Waals surface area contributed by atoms with Crippen LogP contribution in [0.4, 0.5) is 22.4 Å². The largest absolute Gasteiger partial charge is 0.496 e. The molecule has 0 radical (unpaired) electrons. The van der Waals surface area contributed by atoms with E-state index in [9.17, 15) is 18.0 Å². The van der Waals surface area contributed by atoms with E-state index < -0.39 is 29.8 Å². The average molecular weight is 424 g/mol. The summed E-state index contributed by atoms with van der Waals surface area (Å²) in [6.45, 7) is 1.31. The molecule has 2 N–H and O–H groups in total. The van der Waals surface area contributed by atoms with E-state index in [1.807, 2.05) is 0 Å². The van der Waals surface area contributed by atoms with E-state index in [4.69, 9.17) is 9.47 Å². The monoisotopic (exact) mass is 424 g/mol. The zero-order valence-corrected chi connectivity index (χ0v) is 16.1. The van der Waals surface area contributed by atoms with Crippen molar-refractivity contribution < 1.29 is 31.8 Å². The summed E-state index contributed by atoms with van der Waals surface area (Å²) >= 11 is 0. The number of amides is 1. The number of carbonyl (C=O) groups is 1. The van der Waals surface area contributed by atoms with Crippen LogP contribution in [-0.4, -0.2) is 32.3 Å². The maximum atomic E-state index is 15.0. The Hall–Kier alpha value is -2.81. The first kappa shape index (κ1) is 20.5. The lowest BCUT2D eigenvalue weighted by Gasteiger charge is -2.41. The topological polar surface area (TPSA) is 59.6 Å². The van der Waals surface area contributed by atoms with Gasteiger partial charge in [0.2, 0.25) is 0 Å². The van der Waals surface area contributed by atoms with Gasteiger partial charge < -0.3 is 20.1 Å². The lowest BCUT2D eigenvalue weighted by Crippen LogP contribution is -2.56. The van der Waals surface area contributed by atoms with Crippen LogP contribution in [0.5, 0.6) is 5.75 Å². The number of halogens is 4. The van der Waals surface area contributed by atoms with E-state index >= 15 is 4.39 Å². The Balaban J connectivity index is 1.75. The van der Waals surface area contributed by atoms with Crippen LogP contribution >= 0.6 is 0 Å². The molecule has 0 aliphatic carbocycles. The first-order valence-electron chi connectivity index (χ1n) is 9.51. The molecule has 9 heteroatoms. The molecule has 2 aromatic rings. The van der Waals surface area contributed by atoms with E-state index in [2.05, 4.69) is 10.6 Å². The molecule has 0 bridgehead atoms. The number of alkyl carbamates (subject to hydrolysis) is 1. The average Bonchev–Trinajstić information content (AvgIpc) is 2.72. The molecule has 2 saturated heterocycles. The molecule has 2 aromatic carbocycles. The van der Waals surface area contributed by atoms with Gasteiger partial charge in [-0.05, 0) is 42.8 Å². The number of benzene rings is 2. The third-order valence-electron chi connectivity index (χ3n) is 5.58. The van der Waals surface area contributed by atoms with Gasteiger partial charge in [0.1, 0.15) is 17.7 Å². The third kappa shape index (κ3) is 3.81. The summed E-state index contributed by atoms with van der Waals surface area (Å²) in [5.41, 5.74) is -0.475. The van der Waals surface area contributed by atoms with E-state index in [1.165, 1.54) is 31.4 Å². The van der Waals surface area contributed by atoms with Crippen molar-refractivity contribution in [2.75, 3.05) is 20.2 Å². The standard InChI is InChI=1S/C21H20F4N2O3/c1-29-18-9-13(11-3-2-4-12(7-11)21(23,24)25)16(22)8-14(18)19-15-10-26-6-5-17(15)27-20(28)30-19/h2-4,7-9,15,17,19,26H,5-6,10H2,1H3,(H,27,28). The summed E-state index contributed by atoms with van der Waals surface area (Å²) in [6.07, 6.45) is -5.16.